The zero-order chi connectivity index (χ0) is 19.0. The van der Waals surface area contributed by atoms with Gasteiger partial charge in [-0.15, -0.1) is 5.10 Å². The second-order valence-electron chi connectivity index (χ2n) is 7.06. The maximum absolute atomic E-state index is 12.8. The van der Waals surface area contributed by atoms with E-state index in [2.05, 4.69) is 39.2 Å². The number of hydrogen-bond acceptors (Lipinski definition) is 6. The molecule has 0 radical (unpaired) electrons. The van der Waals surface area contributed by atoms with Crippen LogP contribution in [0, 0.1) is 6.92 Å². The predicted molar refractivity (Wildman–Crippen MR) is 104 cm³/mol. The number of likely N-dealkylation sites (N-methyl/N-ethyl adjacent to an activating group) is 1. The Labute approximate surface area is 157 Å². The fraction of sp³-hybridized carbons (Fsp3) is 0.368. The molecule has 1 atom stereocenters. The van der Waals surface area contributed by atoms with Crippen LogP contribution in [0.1, 0.15) is 22.6 Å². The Hall–Kier alpha value is -3.00. The van der Waals surface area contributed by atoms with Crippen molar-refractivity contribution < 1.29 is 4.79 Å². The summed E-state index contributed by atoms with van der Waals surface area (Å²) >= 11 is 0. The SMILES string of the molecule is Cc1nc2ccc(N3CC[C@H](N(C)C)C3)nn2c1C(=O)Nc1cccnc1. The monoisotopic (exact) mass is 365 g/mol. The number of imidazole rings is 1. The molecule has 1 aliphatic rings. The van der Waals surface area contributed by atoms with Crippen LogP contribution in [0.3, 0.4) is 0 Å². The van der Waals surface area contributed by atoms with Gasteiger partial charge in [0, 0.05) is 25.3 Å². The van der Waals surface area contributed by atoms with Gasteiger partial charge in [0.1, 0.15) is 5.82 Å². The first-order chi connectivity index (χ1) is 13.0. The highest BCUT2D eigenvalue weighted by Gasteiger charge is 2.26. The lowest BCUT2D eigenvalue weighted by Gasteiger charge is -2.21. The highest BCUT2D eigenvalue weighted by Crippen LogP contribution is 2.22. The number of hydrogen-bond donors (Lipinski definition) is 1. The predicted octanol–water partition coefficient (Wildman–Crippen LogP) is 1.83. The van der Waals surface area contributed by atoms with Crippen LogP contribution in [0.15, 0.2) is 36.7 Å². The zero-order valence-corrected chi connectivity index (χ0v) is 15.8. The van der Waals surface area contributed by atoms with E-state index in [1.807, 2.05) is 19.1 Å². The first-order valence-corrected chi connectivity index (χ1v) is 9.02. The van der Waals surface area contributed by atoms with Crippen LogP contribution in [-0.2, 0) is 0 Å². The van der Waals surface area contributed by atoms with Crippen LogP contribution in [0.25, 0.3) is 5.65 Å². The molecule has 0 aliphatic carbocycles. The van der Waals surface area contributed by atoms with Gasteiger partial charge in [-0.2, -0.15) is 0 Å². The number of fused-ring (bicyclic) bond motifs is 1. The minimum absolute atomic E-state index is 0.245. The number of nitrogens with one attached hydrogen (secondary N) is 1. The first-order valence-electron chi connectivity index (χ1n) is 9.02. The van der Waals surface area contributed by atoms with Gasteiger partial charge >= 0.3 is 0 Å². The molecule has 1 N–H and O–H groups in total. The molecule has 8 heteroatoms. The number of rotatable bonds is 4. The Morgan fingerprint density at radius 3 is 2.85 bits per heavy atom. The standard InChI is InChI=1S/C19H23N7O/c1-13-18(19(27)22-14-5-4-9-20-11-14)26-16(21-13)6-7-17(23-26)25-10-8-15(12-25)24(2)3/h4-7,9,11,15H,8,10,12H2,1-3H3,(H,22,27)/t15-/m0/s1. The Balaban J connectivity index is 1.65. The Morgan fingerprint density at radius 2 is 2.15 bits per heavy atom. The molecule has 3 aromatic rings. The van der Waals surface area contributed by atoms with Crippen molar-refractivity contribution in [3.05, 3.63) is 48.0 Å². The third kappa shape index (κ3) is 3.35. The minimum atomic E-state index is -0.245. The number of amides is 1. The van der Waals surface area contributed by atoms with Gasteiger partial charge in [-0.3, -0.25) is 9.78 Å². The normalized spacial score (nSPS) is 17.0. The van der Waals surface area contributed by atoms with Gasteiger partial charge in [0.15, 0.2) is 11.3 Å². The Bertz CT molecular complexity index is 967. The van der Waals surface area contributed by atoms with E-state index in [4.69, 9.17) is 5.10 Å². The molecular formula is C19H23N7O. The first kappa shape index (κ1) is 17.4. The van der Waals surface area contributed by atoms with Crippen molar-refractivity contribution in [2.45, 2.75) is 19.4 Å². The number of nitrogens with zero attached hydrogens (tertiary/aromatic N) is 6. The average Bonchev–Trinajstić information content (AvgIpc) is 3.26. The van der Waals surface area contributed by atoms with Gasteiger partial charge in [0.2, 0.25) is 0 Å². The number of aryl methyl sites for hydroxylation is 1. The van der Waals surface area contributed by atoms with E-state index in [0.29, 0.717) is 28.8 Å². The lowest BCUT2D eigenvalue weighted by atomic mass is 10.2. The van der Waals surface area contributed by atoms with Gasteiger partial charge < -0.3 is 15.1 Å². The van der Waals surface area contributed by atoms with Gasteiger partial charge in [0.05, 0.1) is 17.6 Å². The van der Waals surface area contributed by atoms with Gasteiger partial charge in [-0.1, -0.05) is 0 Å². The molecule has 1 saturated heterocycles. The molecule has 0 aromatic carbocycles. The lowest BCUT2D eigenvalue weighted by Crippen LogP contribution is -2.32. The largest absolute Gasteiger partial charge is 0.354 e. The second kappa shape index (κ2) is 6.96. The molecule has 0 spiro atoms. The van der Waals surface area contributed by atoms with Crippen LogP contribution in [0.2, 0.25) is 0 Å². The highest BCUT2D eigenvalue weighted by atomic mass is 16.2. The summed E-state index contributed by atoms with van der Waals surface area (Å²) in [5.41, 5.74) is 2.39. The third-order valence-electron chi connectivity index (χ3n) is 4.99. The number of carbonyl (C=O) groups is 1. The number of carbonyl (C=O) groups excluding carboxylic acids is 1. The summed E-state index contributed by atoms with van der Waals surface area (Å²) in [6.07, 6.45) is 4.38. The maximum atomic E-state index is 12.8. The van der Waals surface area contributed by atoms with Crippen molar-refractivity contribution >= 4 is 23.1 Å². The van der Waals surface area contributed by atoms with E-state index in [9.17, 15) is 4.79 Å². The molecule has 1 fully saturated rings. The molecule has 0 bridgehead atoms. The van der Waals surface area contributed by atoms with Gasteiger partial charge in [0.25, 0.3) is 5.91 Å². The second-order valence-corrected chi connectivity index (χ2v) is 7.06. The fourth-order valence-corrected chi connectivity index (χ4v) is 3.46. The molecule has 1 aliphatic heterocycles. The van der Waals surface area contributed by atoms with Crippen LogP contribution < -0.4 is 10.2 Å². The van der Waals surface area contributed by atoms with Crippen molar-refractivity contribution in [3.63, 3.8) is 0 Å². The number of anilines is 2. The molecule has 0 unspecified atom stereocenters. The summed E-state index contributed by atoms with van der Waals surface area (Å²) in [5.74, 6) is 0.616. The Kier molecular flexibility index (Phi) is 4.49. The van der Waals surface area contributed by atoms with Gasteiger partial charge in [-0.05, 0) is 51.7 Å². The van der Waals surface area contributed by atoms with Crippen LogP contribution in [0.4, 0.5) is 11.5 Å². The molecular weight excluding hydrogens is 342 g/mol. The molecule has 1 amide bonds. The van der Waals surface area contributed by atoms with E-state index in [1.165, 1.54) is 0 Å². The maximum Gasteiger partial charge on any atom is 0.276 e. The lowest BCUT2D eigenvalue weighted by molar-refractivity contribution is 0.101. The van der Waals surface area contributed by atoms with Crippen molar-refractivity contribution in [1.29, 1.82) is 0 Å². The quantitative estimate of drug-likeness (QED) is 0.760. The van der Waals surface area contributed by atoms with Crippen molar-refractivity contribution in [2.75, 3.05) is 37.4 Å². The number of aromatic nitrogens is 4. The topological polar surface area (TPSA) is 78.7 Å². The van der Waals surface area contributed by atoms with E-state index < -0.39 is 0 Å². The molecule has 3 aromatic heterocycles. The molecule has 4 rings (SSSR count). The minimum Gasteiger partial charge on any atom is -0.354 e. The summed E-state index contributed by atoms with van der Waals surface area (Å²) < 4.78 is 1.64. The van der Waals surface area contributed by atoms with Crippen LogP contribution >= 0.6 is 0 Å². The highest BCUT2D eigenvalue weighted by molar-refractivity contribution is 6.04. The molecule has 140 valence electrons. The summed E-state index contributed by atoms with van der Waals surface area (Å²) in [6, 6.07) is 7.98. The summed E-state index contributed by atoms with van der Waals surface area (Å²) in [4.78, 5) is 25.8. The van der Waals surface area contributed by atoms with Crippen molar-refractivity contribution in [1.82, 2.24) is 24.5 Å². The Morgan fingerprint density at radius 1 is 1.30 bits per heavy atom. The third-order valence-corrected chi connectivity index (χ3v) is 4.99. The summed E-state index contributed by atoms with van der Waals surface area (Å²) in [6.45, 7) is 3.70. The molecule has 27 heavy (non-hydrogen) atoms. The molecule has 8 nitrogen and oxygen atoms in total. The fourth-order valence-electron chi connectivity index (χ4n) is 3.46. The van der Waals surface area contributed by atoms with Crippen molar-refractivity contribution in [3.8, 4) is 0 Å². The van der Waals surface area contributed by atoms with Gasteiger partial charge in [-0.25, -0.2) is 9.50 Å². The van der Waals surface area contributed by atoms with E-state index in [0.717, 1.165) is 25.3 Å². The van der Waals surface area contributed by atoms with E-state index in [1.54, 1.807) is 29.0 Å². The zero-order valence-electron chi connectivity index (χ0n) is 15.8. The van der Waals surface area contributed by atoms with Crippen LogP contribution in [0.5, 0.6) is 0 Å². The van der Waals surface area contributed by atoms with Crippen molar-refractivity contribution in [2.24, 2.45) is 0 Å². The van der Waals surface area contributed by atoms with E-state index >= 15 is 0 Å². The molecule has 0 saturated carbocycles. The van der Waals surface area contributed by atoms with Crippen LogP contribution in [-0.4, -0.2) is 63.6 Å². The average molecular weight is 365 g/mol. The summed E-state index contributed by atoms with van der Waals surface area (Å²) in [7, 11) is 4.20. The summed E-state index contributed by atoms with van der Waals surface area (Å²) in [5, 5.41) is 7.59. The van der Waals surface area contributed by atoms with E-state index in [-0.39, 0.29) is 5.91 Å². The molecule has 4 heterocycles. The number of pyridine rings is 1. The smallest absolute Gasteiger partial charge is 0.276 e.